The lowest BCUT2D eigenvalue weighted by Gasteiger charge is -2.36. The molecule has 10 nitrogen and oxygen atoms in total. The minimum atomic E-state index is -4.54. The summed E-state index contributed by atoms with van der Waals surface area (Å²) in [6.45, 7) is 6.95. The second kappa shape index (κ2) is 12.2. The predicted molar refractivity (Wildman–Crippen MR) is 163 cm³/mol. The average Bonchev–Trinajstić information content (AvgIpc) is 3.22. The second-order valence-electron chi connectivity index (χ2n) is 9.74. The third-order valence-corrected chi connectivity index (χ3v) is 9.37. The van der Waals surface area contributed by atoms with Gasteiger partial charge in [0.05, 0.1) is 19.4 Å². The van der Waals surface area contributed by atoms with E-state index in [1.54, 1.807) is 66.4 Å². The highest BCUT2D eigenvalue weighted by Gasteiger charge is 2.58. The molecule has 1 N–H and O–H groups in total. The molecule has 0 bridgehead atoms. The van der Waals surface area contributed by atoms with E-state index in [9.17, 15) is 18.0 Å². The SMILES string of the molecule is CCOc1ccc2c(c1)C(c1ccccc1Cl)(N(C)C)C(=O)N2S(=O)(=O)c1ccc(NC(=O)N(CC)CC)cc1OC. The standard InChI is InChI=1S/C30H35ClN4O6S/c1-7-34(8-2)29(37)32-20-14-17-27(26(18-20)40-6)42(38,39)35-25-16-15-21(41-9-3)19-23(25)30(28(35)36,33(4)5)22-12-10-11-13-24(22)31/h10-19H,7-9H2,1-6H3,(H,32,37). The van der Waals surface area contributed by atoms with E-state index in [1.807, 2.05) is 20.8 Å². The summed E-state index contributed by atoms with van der Waals surface area (Å²) in [5, 5.41) is 3.06. The maximum Gasteiger partial charge on any atom is 0.321 e. The summed E-state index contributed by atoms with van der Waals surface area (Å²) in [5.74, 6) is -0.287. The lowest BCUT2D eigenvalue weighted by molar-refractivity contribution is -0.125. The largest absolute Gasteiger partial charge is 0.495 e. The molecule has 12 heteroatoms. The van der Waals surface area contributed by atoms with Crippen molar-refractivity contribution in [1.29, 1.82) is 0 Å². The Labute approximate surface area is 251 Å². The number of halogens is 1. The number of carbonyl (C=O) groups excluding carboxylic acids is 2. The molecule has 1 atom stereocenters. The van der Waals surface area contributed by atoms with Crippen molar-refractivity contribution in [3.8, 4) is 11.5 Å². The van der Waals surface area contributed by atoms with E-state index in [0.29, 0.717) is 47.3 Å². The van der Waals surface area contributed by atoms with Gasteiger partial charge in [-0.15, -0.1) is 0 Å². The van der Waals surface area contributed by atoms with Crippen LogP contribution in [0.2, 0.25) is 5.02 Å². The van der Waals surface area contributed by atoms with Gasteiger partial charge in [-0.3, -0.25) is 9.69 Å². The number of benzene rings is 3. The Morgan fingerprint density at radius 2 is 1.69 bits per heavy atom. The topological polar surface area (TPSA) is 108 Å². The zero-order valence-corrected chi connectivity index (χ0v) is 26.0. The molecule has 0 spiro atoms. The molecule has 0 aliphatic carbocycles. The molecule has 1 heterocycles. The minimum absolute atomic E-state index is 0.0345. The van der Waals surface area contributed by atoms with E-state index < -0.39 is 21.5 Å². The van der Waals surface area contributed by atoms with Gasteiger partial charge in [0.25, 0.3) is 15.9 Å². The zero-order chi connectivity index (χ0) is 30.8. The number of rotatable bonds is 10. The summed E-state index contributed by atoms with van der Waals surface area (Å²) < 4.78 is 40.8. The van der Waals surface area contributed by atoms with Gasteiger partial charge in [0.15, 0.2) is 5.54 Å². The maximum atomic E-state index is 14.6. The number of hydrogen-bond donors (Lipinski definition) is 1. The van der Waals surface area contributed by atoms with E-state index in [4.69, 9.17) is 21.1 Å². The van der Waals surface area contributed by atoms with Crippen LogP contribution in [0.1, 0.15) is 31.9 Å². The number of nitrogens with zero attached hydrogens (tertiary/aromatic N) is 3. The lowest BCUT2D eigenvalue weighted by Crippen LogP contribution is -2.52. The monoisotopic (exact) mass is 614 g/mol. The molecular formula is C30H35ClN4O6S. The van der Waals surface area contributed by atoms with E-state index in [1.165, 1.54) is 25.3 Å². The van der Waals surface area contributed by atoms with Crippen molar-refractivity contribution in [2.24, 2.45) is 0 Å². The third kappa shape index (κ3) is 5.05. The fraction of sp³-hybridized carbons (Fsp3) is 0.333. The van der Waals surface area contributed by atoms with E-state index >= 15 is 0 Å². The first-order valence-corrected chi connectivity index (χ1v) is 15.3. The van der Waals surface area contributed by atoms with Crippen molar-refractivity contribution in [2.75, 3.05) is 50.5 Å². The number of methoxy groups -OCH3 is 1. The van der Waals surface area contributed by atoms with Gasteiger partial charge in [-0.2, -0.15) is 0 Å². The summed E-state index contributed by atoms with van der Waals surface area (Å²) in [4.78, 5) is 30.2. The van der Waals surface area contributed by atoms with Crippen molar-refractivity contribution >= 4 is 44.9 Å². The normalized spacial score (nSPS) is 16.4. The van der Waals surface area contributed by atoms with Crippen LogP contribution in [0, 0.1) is 0 Å². The van der Waals surface area contributed by atoms with E-state index in [0.717, 1.165) is 4.31 Å². The van der Waals surface area contributed by atoms with Crippen molar-refractivity contribution in [2.45, 2.75) is 31.2 Å². The van der Waals surface area contributed by atoms with Crippen LogP contribution in [0.25, 0.3) is 0 Å². The molecule has 3 amide bonds. The molecule has 0 fully saturated rings. The maximum absolute atomic E-state index is 14.6. The quantitative estimate of drug-likeness (QED) is 0.336. The number of nitrogens with one attached hydrogen (secondary N) is 1. The Kier molecular flexibility index (Phi) is 9.05. The fourth-order valence-corrected chi connectivity index (χ4v) is 7.18. The number of sulfonamides is 1. The van der Waals surface area contributed by atoms with Crippen molar-refractivity contribution < 1.29 is 27.5 Å². The van der Waals surface area contributed by atoms with Crippen LogP contribution in [-0.4, -0.2) is 71.1 Å². The van der Waals surface area contributed by atoms with Crippen LogP contribution >= 0.6 is 11.6 Å². The first-order chi connectivity index (χ1) is 20.0. The van der Waals surface area contributed by atoms with Gasteiger partial charge in [0, 0.05) is 41.0 Å². The van der Waals surface area contributed by atoms with Crippen LogP contribution in [0.3, 0.4) is 0 Å². The molecule has 3 aromatic carbocycles. The number of carbonyl (C=O) groups is 2. The fourth-order valence-electron chi connectivity index (χ4n) is 5.31. The van der Waals surface area contributed by atoms with Gasteiger partial charge in [-0.1, -0.05) is 29.8 Å². The Morgan fingerprint density at radius 3 is 2.29 bits per heavy atom. The predicted octanol–water partition coefficient (Wildman–Crippen LogP) is 5.16. The number of hydrogen-bond acceptors (Lipinski definition) is 7. The first kappa shape index (κ1) is 31.1. The number of fused-ring (bicyclic) bond motifs is 1. The number of amides is 3. The van der Waals surface area contributed by atoms with Gasteiger partial charge in [0.1, 0.15) is 16.4 Å². The third-order valence-electron chi connectivity index (χ3n) is 7.30. The molecule has 224 valence electrons. The molecule has 1 unspecified atom stereocenters. The van der Waals surface area contributed by atoms with Gasteiger partial charge in [-0.05, 0) is 71.3 Å². The summed E-state index contributed by atoms with van der Waals surface area (Å²) in [5.41, 5.74) is -0.245. The van der Waals surface area contributed by atoms with Crippen molar-refractivity contribution in [1.82, 2.24) is 9.80 Å². The lowest BCUT2D eigenvalue weighted by atomic mass is 9.82. The van der Waals surface area contributed by atoms with E-state index in [2.05, 4.69) is 5.32 Å². The van der Waals surface area contributed by atoms with Gasteiger partial charge in [-0.25, -0.2) is 17.5 Å². The van der Waals surface area contributed by atoms with Gasteiger partial charge >= 0.3 is 6.03 Å². The second-order valence-corrected chi connectivity index (χ2v) is 11.9. The highest BCUT2D eigenvalue weighted by Crippen LogP contribution is 2.52. The molecule has 1 aliphatic rings. The Balaban J connectivity index is 1.91. The summed E-state index contributed by atoms with van der Waals surface area (Å²) in [6, 6.07) is 15.6. The van der Waals surface area contributed by atoms with Crippen LogP contribution in [0.5, 0.6) is 11.5 Å². The van der Waals surface area contributed by atoms with Crippen LogP contribution in [0.4, 0.5) is 16.2 Å². The number of anilines is 2. The number of urea groups is 1. The summed E-state index contributed by atoms with van der Waals surface area (Å²) in [6.07, 6.45) is 0. The van der Waals surface area contributed by atoms with Crippen molar-refractivity contribution in [3.05, 3.63) is 76.8 Å². The molecule has 0 saturated carbocycles. The summed E-state index contributed by atoms with van der Waals surface area (Å²) >= 11 is 6.66. The highest BCUT2D eigenvalue weighted by atomic mass is 35.5. The molecule has 3 aromatic rings. The van der Waals surface area contributed by atoms with Crippen molar-refractivity contribution in [3.63, 3.8) is 0 Å². The smallest absolute Gasteiger partial charge is 0.321 e. The Bertz CT molecular complexity index is 1610. The molecule has 4 rings (SSSR count). The average molecular weight is 615 g/mol. The zero-order valence-electron chi connectivity index (χ0n) is 24.5. The highest BCUT2D eigenvalue weighted by molar-refractivity contribution is 7.93. The number of ether oxygens (including phenoxy) is 2. The Morgan fingerprint density at radius 1 is 1.00 bits per heavy atom. The molecule has 0 aromatic heterocycles. The van der Waals surface area contributed by atoms with Crippen LogP contribution in [-0.2, 0) is 20.4 Å². The molecule has 1 aliphatic heterocycles. The molecular weight excluding hydrogens is 580 g/mol. The van der Waals surface area contributed by atoms with Gasteiger partial charge < -0.3 is 19.7 Å². The molecule has 42 heavy (non-hydrogen) atoms. The van der Waals surface area contributed by atoms with Crippen LogP contribution in [0.15, 0.2) is 65.6 Å². The molecule has 0 saturated heterocycles. The number of likely N-dealkylation sites (N-methyl/N-ethyl adjacent to an activating group) is 1. The van der Waals surface area contributed by atoms with Gasteiger partial charge in [0.2, 0.25) is 0 Å². The Hall–Kier alpha value is -3.80. The summed E-state index contributed by atoms with van der Waals surface area (Å²) in [7, 11) is 0.179. The first-order valence-electron chi connectivity index (χ1n) is 13.5. The van der Waals surface area contributed by atoms with Crippen LogP contribution < -0.4 is 19.1 Å². The molecule has 0 radical (unpaired) electrons. The van der Waals surface area contributed by atoms with E-state index in [-0.39, 0.29) is 22.4 Å². The minimum Gasteiger partial charge on any atom is -0.495 e.